The van der Waals surface area contributed by atoms with Gasteiger partial charge in [0.15, 0.2) is 0 Å². The highest BCUT2D eigenvalue weighted by molar-refractivity contribution is 7.90. The number of hydrogen-bond acceptors (Lipinski definition) is 4. The lowest BCUT2D eigenvalue weighted by atomic mass is 10.1. The first-order chi connectivity index (χ1) is 5.99. The van der Waals surface area contributed by atoms with Gasteiger partial charge in [-0.2, -0.15) is 0 Å². The summed E-state index contributed by atoms with van der Waals surface area (Å²) in [5, 5.41) is 0. The largest absolute Gasteiger partial charge is 0.377 e. The summed E-state index contributed by atoms with van der Waals surface area (Å²) in [5.41, 5.74) is 5.80. The van der Waals surface area contributed by atoms with Gasteiger partial charge in [-0.1, -0.05) is 0 Å². The van der Waals surface area contributed by atoms with Crippen LogP contribution < -0.4 is 5.73 Å². The minimum atomic E-state index is -2.88. The molecule has 1 aliphatic rings. The van der Waals surface area contributed by atoms with Crippen molar-refractivity contribution in [3.63, 3.8) is 0 Å². The summed E-state index contributed by atoms with van der Waals surface area (Å²) in [7, 11) is -2.88. The first-order valence-electron chi connectivity index (χ1n) is 4.54. The fraction of sp³-hybridized carbons (Fsp3) is 1.00. The van der Waals surface area contributed by atoms with Gasteiger partial charge in [-0.3, -0.25) is 0 Å². The monoisotopic (exact) mass is 207 g/mol. The predicted octanol–water partition coefficient (Wildman–Crippen LogP) is -0.0726. The quantitative estimate of drug-likeness (QED) is 0.700. The molecule has 0 amide bonds. The van der Waals surface area contributed by atoms with Crippen LogP contribution in [-0.4, -0.2) is 39.2 Å². The van der Waals surface area contributed by atoms with Crippen LogP contribution in [0.15, 0.2) is 0 Å². The van der Waals surface area contributed by atoms with Crippen LogP contribution in [0.3, 0.4) is 0 Å². The molecule has 4 nitrogen and oxygen atoms in total. The Morgan fingerprint density at radius 1 is 1.62 bits per heavy atom. The van der Waals surface area contributed by atoms with Crippen molar-refractivity contribution in [1.29, 1.82) is 0 Å². The Kier molecular flexibility index (Phi) is 3.70. The van der Waals surface area contributed by atoms with Crippen molar-refractivity contribution in [2.75, 3.05) is 18.6 Å². The zero-order chi connectivity index (χ0) is 9.90. The van der Waals surface area contributed by atoms with E-state index in [2.05, 4.69) is 0 Å². The van der Waals surface area contributed by atoms with Crippen LogP contribution in [0.2, 0.25) is 0 Å². The van der Waals surface area contributed by atoms with E-state index in [1.807, 2.05) is 0 Å². The van der Waals surface area contributed by atoms with Gasteiger partial charge in [0.05, 0.1) is 11.9 Å². The molecule has 5 heteroatoms. The van der Waals surface area contributed by atoms with Crippen molar-refractivity contribution >= 4 is 9.84 Å². The van der Waals surface area contributed by atoms with Crippen LogP contribution in [0.1, 0.15) is 19.3 Å². The number of ether oxygens (including phenoxy) is 1. The average molecular weight is 207 g/mol. The van der Waals surface area contributed by atoms with Gasteiger partial charge in [0.25, 0.3) is 0 Å². The van der Waals surface area contributed by atoms with E-state index >= 15 is 0 Å². The molecular weight excluding hydrogens is 190 g/mol. The zero-order valence-electron chi connectivity index (χ0n) is 7.90. The van der Waals surface area contributed by atoms with E-state index in [9.17, 15) is 8.42 Å². The average Bonchev–Trinajstić information content (AvgIpc) is 2.50. The van der Waals surface area contributed by atoms with E-state index in [4.69, 9.17) is 10.5 Å². The Hall–Kier alpha value is -0.130. The molecule has 13 heavy (non-hydrogen) atoms. The second-order valence-corrected chi connectivity index (χ2v) is 5.89. The van der Waals surface area contributed by atoms with E-state index in [1.54, 1.807) is 0 Å². The summed E-state index contributed by atoms with van der Waals surface area (Å²) in [4.78, 5) is 0. The highest BCUT2D eigenvalue weighted by Crippen LogP contribution is 2.16. The van der Waals surface area contributed by atoms with Crippen molar-refractivity contribution in [3.05, 3.63) is 0 Å². The molecule has 2 unspecified atom stereocenters. The molecule has 2 N–H and O–H groups in total. The van der Waals surface area contributed by atoms with Gasteiger partial charge in [0, 0.05) is 18.9 Å². The molecule has 2 atom stereocenters. The molecule has 0 aromatic rings. The molecule has 0 aliphatic carbocycles. The lowest BCUT2D eigenvalue weighted by molar-refractivity contribution is 0.0891. The van der Waals surface area contributed by atoms with E-state index < -0.39 is 9.84 Å². The van der Waals surface area contributed by atoms with Crippen LogP contribution in [0.4, 0.5) is 0 Å². The van der Waals surface area contributed by atoms with Gasteiger partial charge < -0.3 is 10.5 Å². The molecule has 0 spiro atoms. The zero-order valence-corrected chi connectivity index (χ0v) is 8.72. The van der Waals surface area contributed by atoms with Crippen LogP contribution in [-0.2, 0) is 14.6 Å². The lowest BCUT2D eigenvalue weighted by Gasteiger charge is -2.17. The summed E-state index contributed by atoms with van der Waals surface area (Å²) >= 11 is 0. The first kappa shape index (κ1) is 10.9. The van der Waals surface area contributed by atoms with E-state index in [0.29, 0.717) is 6.42 Å². The predicted molar refractivity (Wildman–Crippen MR) is 51.3 cm³/mol. The van der Waals surface area contributed by atoms with Crippen molar-refractivity contribution in [1.82, 2.24) is 0 Å². The summed E-state index contributed by atoms with van der Waals surface area (Å²) < 4.78 is 27.1. The molecule has 0 saturated carbocycles. The summed E-state index contributed by atoms with van der Waals surface area (Å²) in [5.74, 6) is 0.161. The van der Waals surface area contributed by atoms with Crippen LogP contribution >= 0.6 is 0 Å². The molecule has 0 aromatic carbocycles. The van der Waals surface area contributed by atoms with Gasteiger partial charge >= 0.3 is 0 Å². The lowest BCUT2D eigenvalue weighted by Crippen LogP contribution is -2.35. The molecule has 1 fully saturated rings. The highest BCUT2D eigenvalue weighted by atomic mass is 32.2. The van der Waals surface area contributed by atoms with Gasteiger partial charge in [-0.15, -0.1) is 0 Å². The maximum absolute atomic E-state index is 10.9. The number of rotatable bonds is 4. The molecule has 78 valence electrons. The van der Waals surface area contributed by atoms with Gasteiger partial charge in [-0.05, 0) is 19.3 Å². The fourth-order valence-corrected chi connectivity index (χ4v) is 2.18. The van der Waals surface area contributed by atoms with Crippen molar-refractivity contribution in [3.8, 4) is 0 Å². The van der Waals surface area contributed by atoms with Gasteiger partial charge in [0.1, 0.15) is 9.84 Å². The van der Waals surface area contributed by atoms with E-state index in [1.165, 1.54) is 6.26 Å². The van der Waals surface area contributed by atoms with E-state index in [-0.39, 0.29) is 17.9 Å². The molecule has 0 aromatic heterocycles. The maximum Gasteiger partial charge on any atom is 0.147 e. The first-order valence-corrected chi connectivity index (χ1v) is 6.60. The summed E-state index contributed by atoms with van der Waals surface area (Å²) in [6.07, 6.45) is 3.81. The molecule has 1 saturated heterocycles. The fourth-order valence-electron chi connectivity index (χ4n) is 1.48. The SMILES string of the molecule is CS(=O)(=O)CCC(N)C1CCCO1. The smallest absolute Gasteiger partial charge is 0.147 e. The van der Waals surface area contributed by atoms with Crippen LogP contribution in [0.25, 0.3) is 0 Å². The second kappa shape index (κ2) is 4.39. The summed E-state index contributed by atoms with van der Waals surface area (Å²) in [6, 6.07) is -0.128. The number of hydrogen-bond donors (Lipinski definition) is 1. The Morgan fingerprint density at radius 3 is 2.77 bits per heavy atom. The minimum absolute atomic E-state index is 0.0711. The molecule has 0 bridgehead atoms. The summed E-state index contributed by atoms with van der Waals surface area (Å²) in [6.45, 7) is 0.761. The van der Waals surface area contributed by atoms with E-state index in [0.717, 1.165) is 19.4 Å². The standard InChI is InChI=1S/C8H17NO3S/c1-13(10,11)6-4-7(9)8-3-2-5-12-8/h7-8H,2-6,9H2,1H3. The molecule has 1 aliphatic heterocycles. The topological polar surface area (TPSA) is 69.4 Å². The normalized spacial score (nSPS) is 26.2. The molecule has 1 heterocycles. The Morgan fingerprint density at radius 2 is 2.31 bits per heavy atom. The van der Waals surface area contributed by atoms with Crippen molar-refractivity contribution in [2.45, 2.75) is 31.4 Å². The van der Waals surface area contributed by atoms with Crippen molar-refractivity contribution in [2.24, 2.45) is 5.73 Å². The Labute approximate surface area is 79.4 Å². The van der Waals surface area contributed by atoms with Crippen molar-refractivity contribution < 1.29 is 13.2 Å². The van der Waals surface area contributed by atoms with Gasteiger partial charge in [0.2, 0.25) is 0 Å². The minimum Gasteiger partial charge on any atom is -0.377 e. The highest BCUT2D eigenvalue weighted by Gasteiger charge is 2.23. The second-order valence-electron chi connectivity index (χ2n) is 3.63. The molecule has 0 radical (unpaired) electrons. The van der Waals surface area contributed by atoms with Crippen LogP contribution in [0.5, 0.6) is 0 Å². The molecule has 1 rings (SSSR count). The molecular formula is C8H17NO3S. The third kappa shape index (κ3) is 4.06. The van der Waals surface area contributed by atoms with Gasteiger partial charge in [-0.25, -0.2) is 8.42 Å². The van der Waals surface area contributed by atoms with Crippen LogP contribution in [0, 0.1) is 0 Å². The third-order valence-corrected chi connectivity index (χ3v) is 3.24. The Balaban J connectivity index is 2.28. The number of sulfone groups is 1. The number of nitrogens with two attached hydrogens (primary N) is 1. The third-order valence-electron chi connectivity index (χ3n) is 2.26. The Bertz CT molecular complexity index is 244. The maximum atomic E-state index is 10.9.